The van der Waals surface area contributed by atoms with E-state index in [1.807, 2.05) is 48.5 Å². The van der Waals surface area contributed by atoms with Gasteiger partial charge in [0.2, 0.25) is 5.91 Å². The van der Waals surface area contributed by atoms with Gasteiger partial charge in [0.05, 0.1) is 27.8 Å². The van der Waals surface area contributed by atoms with Crippen LogP contribution in [-0.2, 0) is 11.0 Å². The highest BCUT2D eigenvalue weighted by molar-refractivity contribution is 6.05. The number of hydrogen-bond donors (Lipinski definition) is 0. The molecule has 0 unspecified atom stereocenters. The Balaban J connectivity index is 1.40. The maximum atomic E-state index is 14.7. The Hall–Kier alpha value is -5.25. The van der Waals surface area contributed by atoms with Gasteiger partial charge < -0.3 is 9.80 Å². The molecule has 0 atom stereocenters. The van der Waals surface area contributed by atoms with Gasteiger partial charge in [-0.2, -0.15) is 13.2 Å². The van der Waals surface area contributed by atoms with E-state index in [1.54, 1.807) is 48.2 Å². The van der Waals surface area contributed by atoms with Crippen molar-refractivity contribution in [3.05, 3.63) is 107 Å². The van der Waals surface area contributed by atoms with Crippen molar-refractivity contribution in [2.75, 3.05) is 31.1 Å². The average Bonchev–Trinajstić information content (AvgIpc) is 3.07. The van der Waals surface area contributed by atoms with Gasteiger partial charge in [-0.25, -0.2) is 0 Å². The number of fused-ring (bicyclic) bond motifs is 4. The lowest BCUT2D eigenvalue weighted by atomic mass is 10.0. The molecule has 1 aliphatic rings. The summed E-state index contributed by atoms with van der Waals surface area (Å²) < 4.78 is 45.4. The number of rotatable bonds is 4. The fourth-order valence-electron chi connectivity index (χ4n) is 6.36. The van der Waals surface area contributed by atoms with E-state index in [0.29, 0.717) is 46.9 Å². The lowest BCUT2D eigenvalue weighted by Gasteiger charge is -2.37. The molecular formula is C36H30F3N5O2. The number of alkyl halides is 3. The zero-order valence-electron chi connectivity index (χ0n) is 25.3. The third kappa shape index (κ3) is 5.13. The topological polar surface area (TPSA) is 71.3 Å². The summed E-state index contributed by atoms with van der Waals surface area (Å²) in [6.45, 7) is 4.68. The molecule has 7 rings (SSSR count). The van der Waals surface area contributed by atoms with Gasteiger partial charge in [0.25, 0.3) is 5.56 Å². The summed E-state index contributed by atoms with van der Waals surface area (Å²) in [6.07, 6.45) is -0.892. The quantitative estimate of drug-likeness (QED) is 0.196. The fourth-order valence-corrected chi connectivity index (χ4v) is 6.36. The summed E-state index contributed by atoms with van der Waals surface area (Å²) in [5.74, 6) is -0.0153. The van der Waals surface area contributed by atoms with E-state index in [4.69, 9.17) is 0 Å². The number of piperazine rings is 1. The van der Waals surface area contributed by atoms with Crippen molar-refractivity contribution in [2.24, 2.45) is 0 Å². The van der Waals surface area contributed by atoms with Crippen molar-refractivity contribution in [1.82, 2.24) is 19.4 Å². The Labute approximate surface area is 262 Å². The van der Waals surface area contributed by atoms with Crippen LogP contribution in [0.3, 0.4) is 0 Å². The van der Waals surface area contributed by atoms with Gasteiger partial charge in [-0.3, -0.25) is 24.1 Å². The molecule has 3 aromatic heterocycles. The SMILES string of the molecule is CCC(=O)N1CCN(c2ccc(-n3c(=O)c(C)cc4cnc5ccc(-c6cnc7ccccc7c6)cc5c43)cc2C(F)(F)F)CC1. The highest BCUT2D eigenvalue weighted by Gasteiger charge is 2.36. The van der Waals surface area contributed by atoms with Crippen LogP contribution >= 0.6 is 0 Å². The molecule has 0 bridgehead atoms. The Morgan fingerprint density at radius 2 is 1.59 bits per heavy atom. The first-order valence-corrected chi connectivity index (χ1v) is 15.2. The summed E-state index contributed by atoms with van der Waals surface area (Å²) in [5, 5.41) is 2.24. The first-order chi connectivity index (χ1) is 22.1. The van der Waals surface area contributed by atoms with Gasteiger partial charge in [-0.1, -0.05) is 31.2 Å². The summed E-state index contributed by atoms with van der Waals surface area (Å²) in [7, 11) is 0. The normalized spacial score (nSPS) is 14.0. The number of anilines is 1. The molecule has 0 spiro atoms. The molecule has 1 saturated heterocycles. The number of carbonyl (C=O) groups excluding carboxylic acids is 1. The second-order valence-corrected chi connectivity index (χ2v) is 11.6. The molecule has 0 N–H and O–H groups in total. The molecule has 1 fully saturated rings. The van der Waals surface area contributed by atoms with Crippen molar-refractivity contribution in [2.45, 2.75) is 26.4 Å². The summed E-state index contributed by atoms with van der Waals surface area (Å²) in [6, 6.07) is 21.3. The predicted octanol–water partition coefficient (Wildman–Crippen LogP) is 7.14. The van der Waals surface area contributed by atoms with Crippen LogP contribution in [0.5, 0.6) is 0 Å². The third-order valence-corrected chi connectivity index (χ3v) is 8.75. The summed E-state index contributed by atoms with van der Waals surface area (Å²) >= 11 is 0. The lowest BCUT2D eigenvalue weighted by Crippen LogP contribution is -2.49. The monoisotopic (exact) mass is 621 g/mol. The van der Waals surface area contributed by atoms with Crippen LogP contribution in [0, 0.1) is 6.92 Å². The van der Waals surface area contributed by atoms with E-state index in [0.717, 1.165) is 28.1 Å². The molecule has 0 saturated carbocycles. The van der Waals surface area contributed by atoms with Crippen LogP contribution in [-0.4, -0.2) is 51.5 Å². The molecule has 46 heavy (non-hydrogen) atoms. The van der Waals surface area contributed by atoms with Crippen molar-refractivity contribution < 1.29 is 18.0 Å². The number of aromatic nitrogens is 3. The van der Waals surface area contributed by atoms with Crippen LogP contribution in [0.15, 0.2) is 90.0 Å². The standard InChI is InChI=1S/C36H30F3N5O2/c1-3-33(45)43-14-12-42(13-15-43)32-11-9-27(19-29(32)36(37,38)39)44-34-26(16-22(2)35(44)46)21-41-31-10-8-23(18-28(31)34)25-17-24-6-4-5-7-30(24)40-20-25/h4-11,16-21H,3,12-15H2,1-2H3. The maximum absolute atomic E-state index is 14.7. The van der Waals surface area contributed by atoms with Crippen LogP contribution in [0.25, 0.3) is 49.5 Å². The van der Waals surface area contributed by atoms with Crippen molar-refractivity contribution in [3.63, 3.8) is 0 Å². The van der Waals surface area contributed by atoms with Crippen LogP contribution in [0.2, 0.25) is 0 Å². The number of aryl methyl sites for hydroxylation is 1. The Morgan fingerprint density at radius 1 is 0.826 bits per heavy atom. The highest BCUT2D eigenvalue weighted by Crippen LogP contribution is 2.39. The number of benzene rings is 3. The third-order valence-electron chi connectivity index (χ3n) is 8.75. The first kappa shape index (κ1) is 29.5. The van der Waals surface area contributed by atoms with E-state index in [1.165, 1.54) is 10.6 Å². The Morgan fingerprint density at radius 3 is 2.35 bits per heavy atom. The second kappa shape index (κ2) is 11.3. The Kier molecular flexibility index (Phi) is 7.22. The summed E-state index contributed by atoms with van der Waals surface area (Å²) in [5.41, 5.74) is 2.94. The number of carbonyl (C=O) groups is 1. The fraction of sp³-hybridized carbons (Fsp3) is 0.222. The van der Waals surface area contributed by atoms with Gasteiger partial charge in [-0.05, 0) is 61.0 Å². The zero-order valence-corrected chi connectivity index (χ0v) is 25.3. The van der Waals surface area contributed by atoms with Gasteiger partial charge in [-0.15, -0.1) is 0 Å². The average molecular weight is 622 g/mol. The molecule has 10 heteroatoms. The van der Waals surface area contributed by atoms with Gasteiger partial charge >= 0.3 is 6.18 Å². The molecule has 0 radical (unpaired) electrons. The Bertz CT molecular complexity index is 2220. The van der Waals surface area contributed by atoms with E-state index in [-0.39, 0.29) is 30.4 Å². The number of nitrogens with zero attached hydrogens (tertiary/aromatic N) is 5. The highest BCUT2D eigenvalue weighted by atomic mass is 19.4. The smallest absolute Gasteiger partial charge is 0.367 e. The van der Waals surface area contributed by atoms with Crippen LogP contribution < -0.4 is 10.5 Å². The minimum Gasteiger partial charge on any atom is -0.367 e. The molecule has 6 aromatic rings. The van der Waals surface area contributed by atoms with Crippen molar-refractivity contribution in [1.29, 1.82) is 0 Å². The number of halogens is 3. The van der Waals surface area contributed by atoms with Crippen LogP contribution in [0.1, 0.15) is 24.5 Å². The molecule has 4 heterocycles. The molecule has 1 amide bonds. The number of pyridine rings is 3. The number of amides is 1. The van der Waals surface area contributed by atoms with E-state index >= 15 is 0 Å². The summed E-state index contributed by atoms with van der Waals surface area (Å²) in [4.78, 5) is 38.5. The predicted molar refractivity (Wildman–Crippen MR) is 174 cm³/mol. The minimum absolute atomic E-state index is 0.0153. The molecule has 1 aliphatic heterocycles. The molecule has 3 aromatic carbocycles. The zero-order chi connectivity index (χ0) is 32.2. The first-order valence-electron chi connectivity index (χ1n) is 15.2. The largest absolute Gasteiger partial charge is 0.418 e. The second-order valence-electron chi connectivity index (χ2n) is 11.6. The van der Waals surface area contributed by atoms with E-state index in [2.05, 4.69) is 9.97 Å². The molecule has 0 aliphatic carbocycles. The molecular weight excluding hydrogens is 591 g/mol. The molecule has 7 nitrogen and oxygen atoms in total. The van der Waals surface area contributed by atoms with Gasteiger partial charge in [0, 0.05) is 78.0 Å². The number of hydrogen-bond acceptors (Lipinski definition) is 5. The molecule has 232 valence electrons. The van der Waals surface area contributed by atoms with Crippen LogP contribution in [0.4, 0.5) is 18.9 Å². The van der Waals surface area contributed by atoms with Gasteiger partial charge in [0.1, 0.15) is 0 Å². The van der Waals surface area contributed by atoms with E-state index in [9.17, 15) is 22.8 Å². The van der Waals surface area contributed by atoms with Crippen molar-refractivity contribution >= 4 is 44.3 Å². The number of para-hydroxylation sites is 1. The minimum atomic E-state index is -4.68. The lowest BCUT2D eigenvalue weighted by molar-refractivity contribution is -0.137. The van der Waals surface area contributed by atoms with E-state index < -0.39 is 17.3 Å². The van der Waals surface area contributed by atoms with Crippen molar-refractivity contribution in [3.8, 4) is 16.8 Å². The van der Waals surface area contributed by atoms with Gasteiger partial charge in [0.15, 0.2) is 0 Å². The maximum Gasteiger partial charge on any atom is 0.418 e.